The van der Waals surface area contributed by atoms with Crippen LogP contribution in [-0.4, -0.2) is 5.91 Å². The minimum Gasteiger partial charge on any atom is -0.451 e. The highest BCUT2D eigenvalue weighted by atomic mass is 16.3. The quantitative estimate of drug-likeness (QED) is 0.875. The van der Waals surface area contributed by atoms with Crippen LogP contribution in [0.3, 0.4) is 0 Å². The number of amides is 1. The van der Waals surface area contributed by atoms with Gasteiger partial charge in [-0.15, -0.1) is 0 Å². The maximum atomic E-state index is 11.7. The van der Waals surface area contributed by atoms with Crippen molar-refractivity contribution in [3.8, 4) is 0 Å². The minimum absolute atomic E-state index is 0.101. The summed E-state index contributed by atoms with van der Waals surface area (Å²) in [5.74, 6) is -0.832. The Balaban J connectivity index is 2.66. The number of aryl methyl sites for hydroxylation is 1. The van der Waals surface area contributed by atoms with Crippen LogP contribution in [0, 0.1) is 0 Å². The summed E-state index contributed by atoms with van der Waals surface area (Å²) in [6.07, 6.45) is 1.91. The van der Waals surface area contributed by atoms with Crippen LogP contribution in [0.25, 0.3) is 11.0 Å². The van der Waals surface area contributed by atoms with E-state index in [1.54, 1.807) is 12.1 Å². The van der Waals surface area contributed by atoms with Gasteiger partial charge in [0.05, 0.1) is 5.39 Å². The summed E-state index contributed by atoms with van der Waals surface area (Å²) in [4.78, 5) is 22.7. The standard InChI is InChI=1S/C13H13NO3/c1-2-3-8-4-5-9-10(15)7-12(13(14)16)17-11(9)6-8/h4-7H,2-3H2,1H3,(H2,14,16). The van der Waals surface area contributed by atoms with Crippen LogP contribution in [0.4, 0.5) is 0 Å². The molecular formula is C13H13NO3. The molecule has 0 aliphatic heterocycles. The lowest BCUT2D eigenvalue weighted by atomic mass is 10.1. The van der Waals surface area contributed by atoms with E-state index in [1.165, 1.54) is 0 Å². The smallest absolute Gasteiger partial charge is 0.284 e. The van der Waals surface area contributed by atoms with E-state index < -0.39 is 5.91 Å². The second-order valence-corrected chi connectivity index (χ2v) is 3.92. The van der Waals surface area contributed by atoms with Gasteiger partial charge in [0, 0.05) is 6.07 Å². The number of rotatable bonds is 3. The molecular weight excluding hydrogens is 218 g/mol. The van der Waals surface area contributed by atoms with Gasteiger partial charge in [0.1, 0.15) is 5.58 Å². The Morgan fingerprint density at radius 2 is 2.12 bits per heavy atom. The Morgan fingerprint density at radius 3 is 2.76 bits per heavy atom. The molecule has 1 aromatic carbocycles. The molecule has 0 bridgehead atoms. The topological polar surface area (TPSA) is 73.3 Å². The Hall–Kier alpha value is -2.10. The van der Waals surface area contributed by atoms with E-state index in [0.29, 0.717) is 11.0 Å². The first-order valence-corrected chi connectivity index (χ1v) is 5.48. The largest absolute Gasteiger partial charge is 0.451 e. The summed E-state index contributed by atoms with van der Waals surface area (Å²) in [7, 11) is 0. The lowest BCUT2D eigenvalue weighted by Gasteiger charge is -2.02. The fourth-order valence-electron chi connectivity index (χ4n) is 1.77. The van der Waals surface area contributed by atoms with Gasteiger partial charge in [-0.2, -0.15) is 0 Å². The Bertz CT molecular complexity index is 628. The van der Waals surface area contributed by atoms with Crippen LogP contribution in [0.1, 0.15) is 29.5 Å². The molecule has 88 valence electrons. The van der Waals surface area contributed by atoms with Crippen molar-refractivity contribution in [1.82, 2.24) is 0 Å². The SMILES string of the molecule is CCCc1ccc2c(=O)cc(C(N)=O)oc2c1. The van der Waals surface area contributed by atoms with E-state index in [2.05, 4.69) is 6.92 Å². The summed E-state index contributed by atoms with van der Waals surface area (Å²) in [5.41, 5.74) is 6.34. The van der Waals surface area contributed by atoms with E-state index in [4.69, 9.17) is 10.2 Å². The molecule has 0 unspecified atom stereocenters. The molecule has 1 aromatic heterocycles. The van der Waals surface area contributed by atoms with Crippen molar-refractivity contribution in [2.24, 2.45) is 5.73 Å². The van der Waals surface area contributed by atoms with Gasteiger partial charge >= 0.3 is 0 Å². The molecule has 0 atom stereocenters. The third-order valence-electron chi connectivity index (χ3n) is 2.58. The molecule has 0 saturated carbocycles. The van der Waals surface area contributed by atoms with E-state index in [-0.39, 0.29) is 11.2 Å². The zero-order chi connectivity index (χ0) is 12.4. The monoisotopic (exact) mass is 231 g/mol. The van der Waals surface area contributed by atoms with Crippen LogP contribution in [0.5, 0.6) is 0 Å². The van der Waals surface area contributed by atoms with Crippen LogP contribution in [0.2, 0.25) is 0 Å². The molecule has 0 fully saturated rings. The molecule has 17 heavy (non-hydrogen) atoms. The molecule has 2 rings (SSSR count). The number of nitrogens with two attached hydrogens (primary N) is 1. The number of carbonyl (C=O) groups is 1. The number of benzene rings is 1. The maximum Gasteiger partial charge on any atom is 0.284 e. The number of carbonyl (C=O) groups excluding carboxylic acids is 1. The fraction of sp³-hybridized carbons (Fsp3) is 0.231. The van der Waals surface area contributed by atoms with Gasteiger partial charge < -0.3 is 10.2 Å². The average Bonchev–Trinajstić information content (AvgIpc) is 2.28. The van der Waals surface area contributed by atoms with Crippen molar-refractivity contribution in [2.45, 2.75) is 19.8 Å². The van der Waals surface area contributed by atoms with Crippen LogP contribution in [-0.2, 0) is 6.42 Å². The summed E-state index contributed by atoms with van der Waals surface area (Å²) in [6.45, 7) is 2.07. The van der Waals surface area contributed by atoms with E-state index in [9.17, 15) is 9.59 Å². The van der Waals surface area contributed by atoms with Gasteiger partial charge in [-0.3, -0.25) is 9.59 Å². The molecule has 0 radical (unpaired) electrons. The Kier molecular flexibility index (Phi) is 2.95. The third-order valence-corrected chi connectivity index (χ3v) is 2.58. The first kappa shape index (κ1) is 11.4. The minimum atomic E-state index is -0.732. The summed E-state index contributed by atoms with van der Waals surface area (Å²) in [5, 5.41) is 0.467. The molecule has 0 spiro atoms. The van der Waals surface area contributed by atoms with Gasteiger partial charge in [0.15, 0.2) is 11.2 Å². The van der Waals surface area contributed by atoms with E-state index in [0.717, 1.165) is 24.5 Å². The predicted octanol–water partition coefficient (Wildman–Crippen LogP) is 1.84. The number of hydrogen-bond acceptors (Lipinski definition) is 3. The molecule has 1 heterocycles. The second-order valence-electron chi connectivity index (χ2n) is 3.92. The number of hydrogen-bond donors (Lipinski definition) is 1. The maximum absolute atomic E-state index is 11.7. The van der Waals surface area contributed by atoms with Gasteiger partial charge in [0.25, 0.3) is 5.91 Å². The van der Waals surface area contributed by atoms with Crippen molar-refractivity contribution >= 4 is 16.9 Å². The molecule has 0 aliphatic rings. The van der Waals surface area contributed by atoms with Gasteiger partial charge in [0.2, 0.25) is 0 Å². The van der Waals surface area contributed by atoms with Crippen molar-refractivity contribution < 1.29 is 9.21 Å². The summed E-state index contributed by atoms with van der Waals surface area (Å²) >= 11 is 0. The predicted molar refractivity (Wildman–Crippen MR) is 65.0 cm³/mol. The van der Waals surface area contributed by atoms with Crippen molar-refractivity contribution in [3.05, 3.63) is 45.8 Å². The highest BCUT2D eigenvalue weighted by Crippen LogP contribution is 2.15. The van der Waals surface area contributed by atoms with Crippen LogP contribution >= 0.6 is 0 Å². The van der Waals surface area contributed by atoms with Gasteiger partial charge in [-0.1, -0.05) is 19.4 Å². The number of primary amides is 1. The first-order valence-electron chi connectivity index (χ1n) is 5.48. The van der Waals surface area contributed by atoms with Gasteiger partial charge in [-0.05, 0) is 24.1 Å². The highest BCUT2D eigenvalue weighted by molar-refractivity contribution is 5.91. The van der Waals surface area contributed by atoms with Crippen molar-refractivity contribution in [1.29, 1.82) is 0 Å². The summed E-state index contributed by atoms with van der Waals surface area (Å²) < 4.78 is 5.32. The lowest BCUT2D eigenvalue weighted by Crippen LogP contribution is -2.14. The Labute approximate surface area is 98.0 Å². The van der Waals surface area contributed by atoms with Crippen molar-refractivity contribution in [2.75, 3.05) is 0 Å². The normalized spacial score (nSPS) is 10.6. The fourth-order valence-corrected chi connectivity index (χ4v) is 1.77. The van der Waals surface area contributed by atoms with E-state index >= 15 is 0 Å². The number of fused-ring (bicyclic) bond motifs is 1. The first-order chi connectivity index (χ1) is 8.11. The Morgan fingerprint density at radius 1 is 1.35 bits per heavy atom. The molecule has 4 heteroatoms. The highest BCUT2D eigenvalue weighted by Gasteiger charge is 2.09. The third kappa shape index (κ3) is 2.20. The molecule has 1 amide bonds. The molecule has 0 saturated heterocycles. The molecule has 2 N–H and O–H groups in total. The zero-order valence-corrected chi connectivity index (χ0v) is 9.53. The lowest BCUT2D eigenvalue weighted by molar-refractivity contribution is 0.0974. The van der Waals surface area contributed by atoms with Crippen LogP contribution in [0.15, 0.2) is 33.5 Å². The molecule has 2 aromatic rings. The van der Waals surface area contributed by atoms with E-state index in [1.807, 2.05) is 6.07 Å². The van der Waals surface area contributed by atoms with Crippen LogP contribution < -0.4 is 11.2 Å². The summed E-state index contributed by atoms with van der Waals surface area (Å²) in [6, 6.07) is 6.53. The molecule has 0 aliphatic carbocycles. The molecule has 4 nitrogen and oxygen atoms in total. The second kappa shape index (κ2) is 4.41. The zero-order valence-electron chi connectivity index (χ0n) is 9.53. The average molecular weight is 231 g/mol. The van der Waals surface area contributed by atoms with Gasteiger partial charge in [-0.25, -0.2) is 0 Å². The van der Waals surface area contributed by atoms with Crippen molar-refractivity contribution in [3.63, 3.8) is 0 Å².